The molecule has 1 saturated heterocycles. The minimum atomic E-state index is -1.03. The average molecular weight is 291 g/mol. The van der Waals surface area contributed by atoms with E-state index >= 15 is 0 Å². The third-order valence-electron chi connectivity index (χ3n) is 3.92. The summed E-state index contributed by atoms with van der Waals surface area (Å²) in [5.41, 5.74) is 0.747. The number of aromatic carboxylic acids is 1. The van der Waals surface area contributed by atoms with Crippen LogP contribution in [0.3, 0.4) is 0 Å². The molecule has 0 saturated carbocycles. The van der Waals surface area contributed by atoms with Gasteiger partial charge in [-0.2, -0.15) is 0 Å². The molecule has 6 nitrogen and oxygen atoms in total. The van der Waals surface area contributed by atoms with Gasteiger partial charge in [0.1, 0.15) is 5.69 Å². The zero-order valence-corrected chi connectivity index (χ0v) is 12.4. The van der Waals surface area contributed by atoms with E-state index in [1.54, 1.807) is 6.92 Å². The van der Waals surface area contributed by atoms with Crippen LogP contribution in [0.4, 0.5) is 0 Å². The van der Waals surface area contributed by atoms with Gasteiger partial charge in [0, 0.05) is 13.1 Å². The summed E-state index contributed by atoms with van der Waals surface area (Å²) in [7, 11) is 0. The van der Waals surface area contributed by atoms with E-state index < -0.39 is 5.97 Å². The quantitative estimate of drug-likeness (QED) is 0.850. The number of nitrogens with zero attached hydrogens (tertiary/aromatic N) is 2. The van der Waals surface area contributed by atoms with E-state index in [1.807, 2.05) is 0 Å². The van der Waals surface area contributed by atoms with Crippen LogP contribution in [0, 0.1) is 12.8 Å². The van der Waals surface area contributed by atoms with Crippen LogP contribution in [0.2, 0.25) is 0 Å². The van der Waals surface area contributed by atoms with Gasteiger partial charge in [-0.15, -0.1) is 0 Å². The lowest BCUT2D eigenvalue weighted by Gasteiger charge is -2.13. The Morgan fingerprint density at radius 1 is 1.48 bits per heavy atom. The molecule has 114 valence electrons. The first-order chi connectivity index (χ1) is 10.0. The lowest BCUT2D eigenvalue weighted by atomic mass is 10.1. The number of carboxylic acid groups (broad SMARTS) is 1. The molecule has 21 heavy (non-hydrogen) atoms. The molecule has 1 aliphatic rings. The Morgan fingerprint density at radius 3 is 2.81 bits per heavy atom. The Labute approximate surface area is 124 Å². The number of amides is 1. The topological polar surface area (TPSA) is 82.5 Å². The standard InChI is InChI=1S/C15H21N3O3/c1-3-18-7-6-11(9-18)8-16-14(19)13-5-4-12(15(20)21)10(2)17-13/h4-5,11H,3,6-9H2,1-2H3,(H,16,19)(H,20,21). The number of carbonyl (C=O) groups excluding carboxylic acids is 1. The van der Waals surface area contributed by atoms with Crippen molar-refractivity contribution in [2.24, 2.45) is 5.92 Å². The number of hydrogen-bond donors (Lipinski definition) is 2. The fraction of sp³-hybridized carbons (Fsp3) is 0.533. The molecule has 1 aliphatic heterocycles. The zero-order valence-electron chi connectivity index (χ0n) is 12.4. The maximum absolute atomic E-state index is 12.1. The molecule has 0 bridgehead atoms. The zero-order chi connectivity index (χ0) is 15.4. The first-order valence-corrected chi connectivity index (χ1v) is 7.22. The Morgan fingerprint density at radius 2 is 2.24 bits per heavy atom. The lowest BCUT2D eigenvalue weighted by molar-refractivity contribution is 0.0694. The summed E-state index contributed by atoms with van der Waals surface area (Å²) in [6, 6.07) is 2.88. The van der Waals surface area contributed by atoms with E-state index in [2.05, 4.69) is 22.1 Å². The van der Waals surface area contributed by atoms with E-state index in [0.29, 0.717) is 18.2 Å². The van der Waals surface area contributed by atoms with Gasteiger partial charge in [0.15, 0.2) is 0 Å². The second-order valence-corrected chi connectivity index (χ2v) is 5.39. The molecule has 1 aromatic rings. The smallest absolute Gasteiger partial charge is 0.337 e. The maximum atomic E-state index is 12.1. The number of likely N-dealkylation sites (tertiary alicyclic amines) is 1. The predicted molar refractivity (Wildman–Crippen MR) is 78.5 cm³/mol. The number of hydrogen-bond acceptors (Lipinski definition) is 4. The van der Waals surface area contributed by atoms with Crippen molar-refractivity contribution in [2.75, 3.05) is 26.2 Å². The van der Waals surface area contributed by atoms with Crippen molar-refractivity contribution in [2.45, 2.75) is 20.3 Å². The van der Waals surface area contributed by atoms with Crippen molar-refractivity contribution >= 4 is 11.9 Å². The first kappa shape index (κ1) is 15.4. The molecular formula is C15H21N3O3. The number of rotatable bonds is 5. The van der Waals surface area contributed by atoms with Gasteiger partial charge in [-0.1, -0.05) is 6.92 Å². The molecule has 1 atom stereocenters. The lowest BCUT2D eigenvalue weighted by Crippen LogP contribution is -2.31. The second-order valence-electron chi connectivity index (χ2n) is 5.39. The molecule has 0 radical (unpaired) electrons. The van der Waals surface area contributed by atoms with Gasteiger partial charge < -0.3 is 15.3 Å². The van der Waals surface area contributed by atoms with Crippen LogP contribution in [0.1, 0.15) is 39.9 Å². The number of aryl methyl sites for hydroxylation is 1. The highest BCUT2D eigenvalue weighted by Crippen LogP contribution is 2.14. The third-order valence-corrected chi connectivity index (χ3v) is 3.92. The van der Waals surface area contributed by atoms with Crippen molar-refractivity contribution in [1.82, 2.24) is 15.2 Å². The highest BCUT2D eigenvalue weighted by molar-refractivity contribution is 5.94. The minimum Gasteiger partial charge on any atom is -0.478 e. The number of nitrogens with one attached hydrogen (secondary N) is 1. The SMILES string of the molecule is CCN1CCC(CNC(=O)c2ccc(C(=O)O)c(C)n2)C1. The molecule has 0 spiro atoms. The van der Waals surface area contributed by atoms with E-state index in [1.165, 1.54) is 12.1 Å². The van der Waals surface area contributed by atoms with Gasteiger partial charge in [0.25, 0.3) is 5.91 Å². The summed E-state index contributed by atoms with van der Waals surface area (Å²) in [5.74, 6) is -0.796. The van der Waals surface area contributed by atoms with Crippen molar-refractivity contribution in [3.05, 3.63) is 29.1 Å². The van der Waals surface area contributed by atoms with Crippen LogP contribution in [0.5, 0.6) is 0 Å². The van der Waals surface area contributed by atoms with Crippen molar-refractivity contribution in [1.29, 1.82) is 0 Å². The van der Waals surface area contributed by atoms with Crippen molar-refractivity contribution in [3.63, 3.8) is 0 Å². The second kappa shape index (κ2) is 6.67. The minimum absolute atomic E-state index is 0.126. The monoisotopic (exact) mass is 291 g/mol. The Balaban J connectivity index is 1.92. The number of aromatic nitrogens is 1. The molecule has 1 aromatic heterocycles. The van der Waals surface area contributed by atoms with Crippen LogP contribution in [-0.4, -0.2) is 53.0 Å². The summed E-state index contributed by atoms with van der Waals surface area (Å²) >= 11 is 0. The first-order valence-electron chi connectivity index (χ1n) is 7.22. The molecule has 2 N–H and O–H groups in total. The van der Waals surface area contributed by atoms with Gasteiger partial charge in [-0.3, -0.25) is 4.79 Å². The number of carbonyl (C=O) groups is 2. The summed E-state index contributed by atoms with van der Waals surface area (Å²) < 4.78 is 0. The fourth-order valence-electron chi connectivity index (χ4n) is 2.61. The molecule has 1 unspecified atom stereocenters. The molecule has 1 fully saturated rings. The van der Waals surface area contributed by atoms with Crippen molar-refractivity contribution in [3.8, 4) is 0 Å². The van der Waals surface area contributed by atoms with Gasteiger partial charge in [-0.05, 0) is 44.5 Å². The summed E-state index contributed by atoms with van der Waals surface area (Å²) in [4.78, 5) is 29.4. The van der Waals surface area contributed by atoms with Crippen LogP contribution in [-0.2, 0) is 0 Å². The number of carboxylic acids is 1. The van der Waals surface area contributed by atoms with E-state index in [-0.39, 0.29) is 17.2 Å². The molecule has 1 amide bonds. The molecule has 2 rings (SSSR count). The summed E-state index contributed by atoms with van der Waals surface area (Å²) in [6.45, 7) is 7.51. The largest absolute Gasteiger partial charge is 0.478 e. The molecule has 6 heteroatoms. The van der Waals surface area contributed by atoms with Crippen LogP contribution < -0.4 is 5.32 Å². The Bertz CT molecular complexity index is 545. The maximum Gasteiger partial charge on any atom is 0.337 e. The van der Waals surface area contributed by atoms with Crippen molar-refractivity contribution < 1.29 is 14.7 Å². The van der Waals surface area contributed by atoms with E-state index in [9.17, 15) is 9.59 Å². The van der Waals surface area contributed by atoms with Gasteiger partial charge in [0.2, 0.25) is 0 Å². The Hall–Kier alpha value is -1.95. The summed E-state index contributed by atoms with van der Waals surface area (Å²) in [5, 5.41) is 11.8. The molecular weight excluding hydrogens is 270 g/mol. The normalized spacial score (nSPS) is 18.7. The average Bonchev–Trinajstić information content (AvgIpc) is 2.92. The van der Waals surface area contributed by atoms with E-state index in [4.69, 9.17) is 5.11 Å². The molecule has 0 aromatic carbocycles. The van der Waals surface area contributed by atoms with Gasteiger partial charge in [-0.25, -0.2) is 9.78 Å². The highest BCUT2D eigenvalue weighted by Gasteiger charge is 2.22. The fourth-order valence-corrected chi connectivity index (χ4v) is 2.61. The van der Waals surface area contributed by atoms with Crippen LogP contribution >= 0.6 is 0 Å². The predicted octanol–water partition coefficient (Wildman–Crippen LogP) is 1.16. The Kier molecular flexibility index (Phi) is 4.90. The van der Waals surface area contributed by atoms with Gasteiger partial charge in [0.05, 0.1) is 11.3 Å². The van der Waals surface area contributed by atoms with Crippen LogP contribution in [0.15, 0.2) is 12.1 Å². The molecule has 2 heterocycles. The van der Waals surface area contributed by atoms with E-state index in [0.717, 1.165) is 26.1 Å². The molecule has 0 aliphatic carbocycles. The highest BCUT2D eigenvalue weighted by atomic mass is 16.4. The number of pyridine rings is 1. The third kappa shape index (κ3) is 3.78. The summed E-state index contributed by atoms with van der Waals surface area (Å²) in [6.07, 6.45) is 1.10. The van der Waals surface area contributed by atoms with Crippen LogP contribution in [0.25, 0.3) is 0 Å². The van der Waals surface area contributed by atoms with Gasteiger partial charge >= 0.3 is 5.97 Å².